The van der Waals surface area contributed by atoms with E-state index in [4.69, 9.17) is 11.7 Å². The summed E-state index contributed by atoms with van der Waals surface area (Å²) < 4.78 is 0.812. The van der Waals surface area contributed by atoms with Gasteiger partial charge in [-0.1, -0.05) is 6.07 Å². The lowest BCUT2D eigenvalue weighted by Gasteiger charge is -2.07. The molecule has 0 saturated heterocycles. The number of nitriles is 1. The van der Waals surface area contributed by atoms with Crippen LogP contribution < -0.4 is 5.32 Å². The molecule has 0 aromatic heterocycles. The molecule has 1 aromatic rings. The van der Waals surface area contributed by atoms with Gasteiger partial charge < -0.3 is 5.32 Å². The van der Waals surface area contributed by atoms with Crippen LogP contribution in [0.2, 0.25) is 0 Å². The van der Waals surface area contributed by atoms with Gasteiger partial charge in [0, 0.05) is 17.4 Å². The van der Waals surface area contributed by atoms with Gasteiger partial charge in [0.2, 0.25) is 0 Å². The van der Waals surface area contributed by atoms with Crippen LogP contribution >= 0.6 is 15.9 Å². The standard InChI is InChI=1S/C12H11BrN2/c1-2-3-4-8-15-12-7-5-6-11(13)10(12)9-14/h1,5-7,15H,3-4,8H2. The lowest BCUT2D eigenvalue weighted by atomic mass is 10.2. The van der Waals surface area contributed by atoms with E-state index < -0.39 is 0 Å². The molecule has 2 nitrogen and oxygen atoms in total. The summed E-state index contributed by atoms with van der Waals surface area (Å²) in [6.07, 6.45) is 6.81. The first-order valence-electron chi connectivity index (χ1n) is 4.65. The Morgan fingerprint density at radius 1 is 1.47 bits per heavy atom. The van der Waals surface area contributed by atoms with E-state index in [0.29, 0.717) is 5.56 Å². The molecule has 1 aromatic carbocycles. The van der Waals surface area contributed by atoms with Crippen LogP contribution in [0.1, 0.15) is 18.4 Å². The zero-order chi connectivity index (χ0) is 11.1. The van der Waals surface area contributed by atoms with E-state index in [0.717, 1.165) is 29.5 Å². The lowest BCUT2D eigenvalue weighted by Crippen LogP contribution is -2.03. The molecule has 0 atom stereocenters. The maximum absolute atomic E-state index is 8.95. The van der Waals surface area contributed by atoms with Crippen LogP contribution in [0.15, 0.2) is 22.7 Å². The van der Waals surface area contributed by atoms with E-state index in [9.17, 15) is 0 Å². The van der Waals surface area contributed by atoms with Gasteiger partial charge in [0.05, 0.1) is 11.3 Å². The number of hydrogen-bond donors (Lipinski definition) is 1. The highest BCUT2D eigenvalue weighted by Crippen LogP contribution is 2.23. The average Bonchev–Trinajstić information content (AvgIpc) is 2.24. The SMILES string of the molecule is C#CCCCNc1cccc(Br)c1C#N. The third kappa shape index (κ3) is 3.31. The average molecular weight is 263 g/mol. The number of nitrogens with zero attached hydrogens (tertiary/aromatic N) is 1. The van der Waals surface area contributed by atoms with Crippen LogP contribution in [-0.4, -0.2) is 6.54 Å². The second-order valence-electron chi connectivity index (χ2n) is 3.01. The first-order valence-corrected chi connectivity index (χ1v) is 5.45. The van der Waals surface area contributed by atoms with E-state index in [2.05, 4.69) is 33.2 Å². The molecule has 1 rings (SSSR count). The minimum absolute atomic E-state index is 0.637. The zero-order valence-corrected chi connectivity index (χ0v) is 9.84. The van der Waals surface area contributed by atoms with Crippen molar-refractivity contribution in [2.24, 2.45) is 0 Å². The maximum atomic E-state index is 8.95. The van der Waals surface area contributed by atoms with Crippen molar-refractivity contribution in [1.82, 2.24) is 0 Å². The van der Waals surface area contributed by atoms with E-state index in [1.165, 1.54) is 0 Å². The molecule has 0 aliphatic rings. The number of halogens is 1. The molecule has 0 fully saturated rings. The molecule has 0 heterocycles. The Kier molecular flexibility index (Phi) is 4.74. The van der Waals surface area contributed by atoms with Crippen LogP contribution in [0.4, 0.5) is 5.69 Å². The monoisotopic (exact) mass is 262 g/mol. The number of unbranched alkanes of at least 4 members (excludes halogenated alkanes) is 1. The first kappa shape index (κ1) is 11.6. The molecular weight excluding hydrogens is 252 g/mol. The molecule has 0 amide bonds. The number of nitrogens with one attached hydrogen (secondary N) is 1. The number of anilines is 1. The molecule has 1 N–H and O–H groups in total. The van der Waals surface area contributed by atoms with Crippen molar-refractivity contribution in [2.45, 2.75) is 12.8 Å². The van der Waals surface area contributed by atoms with Crippen molar-refractivity contribution in [3.8, 4) is 18.4 Å². The molecule has 3 heteroatoms. The molecule has 0 radical (unpaired) electrons. The van der Waals surface area contributed by atoms with Gasteiger partial charge in [-0.2, -0.15) is 5.26 Å². The normalized spacial score (nSPS) is 9.00. The second-order valence-corrected chi connectivity index (χ2v) is 3.86. The molecule has 76 valence electrons. The summed E-state index contributed by atoms with van der Waals surface area (Å²) in [6.45, 7) is 0.787. The largest absolute Gasteiger partial charge is 0.384 e. The summed E-state index contributed by atoms with van der Waals surface area (Å²) in [5, 5.41) is 12.1. The Morgan fingerprint density at radius 3 is 2.93 bits per heavy atom. The van der Waals surface area contributed by atoms with Gasteiger partial charge in [0.25, 0.3) is 0 Å². The topological polar surface area (TPSA) is 35.8 Å². The number of rotatable bonds is 4. The summed E-state index contributed by atoms with van der Waals surface area (Å²) in [4.78, 5) is 0. The van der Waals surface area contributed by atoms with Gasteiger partial charge >= 0.3 is 0 Å². The van der Waals surface area contributed by atoms with Gasteiger partial charge in [0.1, 0.15) is 6.07 Å². The fraction of sp³-hybridized carbons (Fsp3) is 0.250. The molecule has 0 unspecified atom stereocenters. The first-order chi connectivity index (χ1) is 7.29. The molecule has 0 spiro atoms. The fourth-order valence-corrected chi connectivity index (χ4v) is 1.65. The van der Waals surface area contributed by atoms with Crippen molar-refractivity contribution < 1.29 is 0 Å². The van der Waals surface area contributed by atoms with Gasteiger partial charge in [-0.15, -0.1) is 12.3 Å². The third-order valence-electron chi connectivity index (χ3n) is 1.94. The van der Waals surface area contributed by atoms with Crippen molar-refractivity contribution >= 4 is 21.6 Å². The maximum Gasteiger partial charge on any atom is 0.103 e. The third-order valence-corrected chi connectivity index (χ3v) is 2.60. The summed E-state index contributed by atoms with van der Waals surface area (Å²) in [7, 11) is 0. The van der Waals surface area contributed by atoms with E-state index in [1.807, 2.05) is 18.2 Å². The minimum Gasteiger partial charge on any atom is -0.384 e. The minimum atomic E-state index is 0.637. The summed E-state index contributed by atoms with van der Waals surface area (Å²) >= 11 is 3.34. The van der Waals surface area contributed by atoms with Crippen molar-refractivity contribution in [3.05, 3.63) is 28.2 Å². The fourth-order valence-electron chi connectivity index (χ4n) is 1.20. The van der Waals surface area contributed by atoms with Crippen molar-refractivity contribution in [1.29, 1.82) is 5.26 Å². The molecule has 0 bridgehead atoms. The van der Waals surface area contributed by atoms with Crippen LogP contribution in [-0.2, 0) is 0 Å². The van der Waals surface area contributed by atoms with Gasteiger partial charge in [-0.3, -0.25) is 0 Å². The number of hydrogen-bond acceptors (Lipinski definition) is 2. The molecule has 0 aliphatic carbocycles. The zero-order valence-electron chi connectivity index (χ0n) is 8.26. The highest BCUT2D eigenvalue weighted by molar-refractivity contribution is 9.10. The molecular formula is C12H11BrN2. The summed E-state index contributed by atoms with van der Waals surface area (Å²) in [5.41, 5.74) is 1.49. The smallest absolute Gasteiger partial charge is 0.103 e. The second kappa shape index (κ2) is 6.11. The van der Waals surface area contributed by atoms with E-state index in [1.54, 1.807) is 0 Å². The Bertz CT molecular complexity index is 413. The lowest BCUT2D eigenvalue weighted by molar-refractivity contribution is 0.907. The molecule has 0 saturated carbocycles. The Balaban J connectivity index is 2.66. The number of benzene rings is 1. The van der Waals surface area contributed by atoms with E-state index >= 15 is 0 Å². The Morgan fingerprint density at radius 2 is 2.27 bits per heavy atom. The Labute approximate surface area is 98.4 Å². The van der Waals surface area contributed by atoms with Crippen LogP contribution in [0.3, 0.4) is 0 Å². The van der Waals surface area contributed by atoms with Gasteiger partial charge in [0.15, 0.2) is 0 Å². The van der Waals surface area contributed by atoms with Crippen LogP contribution in [0, 0.1) is 23.7 Å². The molecule has 0 aliphatic heterocycles. The van der Waals surface area contributed by atoms with Crippen molar-refractivity contribution in [2.75, 3.05) is 11.9 Å². The highest BCUT2D eigenvalue weighted by Gasteiger charge is 2.04. The predicted octanol–water partition coefficient (Wildman–Crippen LogP) is 3.15. The van der Waals surface area contributed by atoms with Crippen molar-refractivity contribution in [3.63, 3.8) is 0 Å². The number of terminal acetylenes is 1. The Hall–Kier alpha value is -1.45. The van der Waals surface area contributed by atoms with Gasteiger partial charge in [-0.05, 0) is 34.5 Å². The van der Waals surface area contributed by atoms with E-state index in [-0.39, 0.29) is 0 Å². The quantitative estimate of drug-likeness (QED) is 0.669. The summed E-state index contributed by atoms with van der Waals surface area (Å²) in [6, 6.07) is 7.79. The van der Waals surface area contributed by atoms with Crippen LogP contribution in [0.25, 0.3) is 0 Å². The highest BCUT2D eigenvalue weighted by atomic mass is 79.9. The molecule has 15 heavy (non-hydrogen) atoms. The van der Waals surface area contributed by atoms with Crippen LogP contribution in [0.5, 0.6) is 0 Å². The summed E-state index contributed by atoms with van der Waals surface area (Å²) in [5.74, 6) is 2.58. The predicted molar refractivity (Wildman–Crippen MR) is 65.4 cm³/mol. The van der Waals surface area contributed by atoms with Gasteiger partial charge in [-0.25, -0.2) is 0 Å².